The highest BCUT2D eigenvalue weighted by molar-refractivity contribution is 7.89. The molecule has 0 saturated carbocycles. The number of benzene rings is 2. The van der Waals surface area contributed by atoms with Crippen molar-refractivity contribution in [3.8, 4) is 0 Å². The predicted octanol–water partition coefficient (Wildman–Crippen LogP) is 2.74. The van der Waals surface area contributed by atoms with E-state index < -0.39 is 28.0 Å². The Bertz CT molecular complexity index is 975. The first kappa shape index (κ1) is 20.9. The van der Waals surface area contributed by atoms with Crippen LogP contribution in [0.1, 0.15) is 22.8 Å². The molecule has 2 N–H and O–H groups in total. The second kappa shape index (κ2) is 8.51. The molecule has 2 aromatic rings. The first-order valence-electron chi connectivity index (χ1n) is 7.95. The molecule has 2 rings (SSSR count). The SMILES string of the molecule is CNS(=O)(=O)c1ccc(Cl)c(C(=O)O[C@@H](C)C(=O)Nc2cccc(C)c2)c1. The van der Waals surface area contributed by atoms with Crippen LogP contribution in [0.2, 0.25) is 5.02 Å². The summed E-state index contributed by atoms with van der Waals surface area (Å²) in [5, 5.41) is 2.66. The average Bonchev–Trinajstić information content (AvgIpc) is 2.61. The molecule has 0 bridgehead atoms. The molecule has 1 amide bonds. The van der Waals surface area contributed by atoms with Crippen molar-refractivity contribution in [3.63, 3.8) is 0 Å². The Morgan fingerprint density at radius 1 is 1.15 bits per heavy atom. The lowest BCUT2D eigenvalue weighted by molar-refractivity contribution is -0.123. The van der Waals surface area contributed by atoms with E-state index in [4.69, 9.17) is 16.3 Å². The summed E-state index contributed by atoms with van der Waals surface area (Å²) in [6, 6.07) is 10.8. The van der Waals surface area contributed by atoms with E-state index in [9.17, 15) is 18.0 Å². The number of esters is 1. The smallest absolute Gasteiger partial charge is 0.340 e. The van der Waals surface area contributed by atoms with Gasteiger partial charge >= 0.3 is 5.97 Å². The fourth-order valence-corrected chi connectivity index (χ4v) is 3.14. The summed E-state index contributed by atoms with van der Waals surface area (Å²) >= 11 is 5.98. The number of anilines is 1. The number of amides is 1. The number of hydrogen-bond acceptors (Lipinski definition) is 5. The number of aryl methyl sites for hydroxylation is 1. The van der Waals surface area contributed by atoms with Gasteiger partial charge in [-0.25, -0.2) is 17.9 Å². The lowest BCUT2D eigenvalue weighted by atomic mass is 10.2. The van der Waals surface area contributed by atoms with E-state index in [1.54, 1.807) is 18.2 Å². The molecular weight excluding hydrogens is 392 g/mol. The normalized spacial score (nSPS) is 12.3. The van der Waals surface area contributed by atoms with Gasteiger partial charge in [0.05, 0.1) is 15.5 Å². The molecule has 7 nitrogen and oxygen atoms in total. The molecule has 0 saturated heterocycles. The minimum Gasteiger partial charge on any atom is -0.449 e. The Morgan fingerprint density at radius 3 is 2.48 bits per heavy atom. The Hall–Kier alpha value is -2.42. The molecule has 9 heteroatoms. The maximum absolute atomic E-state index is 12.4. The molecule has 0 radical (unpaired) electrons. The van der Waals surface area contributed by atoms with Crippen LogP contribution in [0, 0.1) is 6.92 Å². The molecule has 0 aliphatic heterocycles. The van der Waals surface area contributed by atoms with Crippen LogP contribution in [-0.4, -0.2) is 33.4 Å². The molecule has 0 aliphatic rings. The van der Waals surface area contributed by atoms with E-state index in [1.165, 1.54) is 26.1 Å². The Kier molecular flexibility index (Phi) is 6.59. The van der Waals surface area contributed by atoms with Gasteiger partial charge in [-0.3, -0.25) is 4.79 Å². The van der Waals surface area contributed by atoms with E-state index in [0.29, 0.717) is 5.69 Å². The maximum Gasteiger partial charge on any atom is 0.340 e. The van der Waals surface area contributed by atoms with Crippen molar-refractivity contribution in [1.29, 1.82) is 0 Å². The molecule has 0 fully saturated rings. The van der Waals surface area contributed by atoms with E-state index in [-0.39, 0.29) is 15.5 Å². The number of sulfonamides is 1. The van der Waals surface area contributed by atoms with Gasteiger partial charge in [-0.2, -0.15) is 0 Å². The molecular formula is C18H19ClN2O5S. The Labute approximate surface area is 162 Å². The van der Waals surface area contributed by atoms with Crippen molar-refractivity contribution >= 4 is 39.2 Å². The maximum atomic E-state index is 12.4. The summed E-state index contributed by atoms with van der Waals surface area (Å²) in [5.74, 6) is -1.43. The zero-order chi connectivity index (χ0) is 20.2. The lowest BCUT2D eigenvalue weighted by Gasteiger charge is -2.15. The fourth-order valence-electron chi connectivity index (χ4n) is 2.19. The largest absolute Gasteiger partial charge is 0.449 e. The van der Waals surface area contributed by atoms with Gasteiger partial charge in [-0.1, -0.05) is 23.7 Å². The highest BCUT2D eigenvalue weighted by Gasteiger charge is 2.23. The Morgan fingerprint density at radius 2 is 1.85 bits per heavy atom. The molecule has 0 unspecified atom stereocenters. The van der Waals surface area contributed by atoms with Crippen LogP contribution >= 0.6 is 11.6 Å². The van der Waals surface area contributed by atoms with Crippen LogP contribution < -0.4 is 10.0 Å². The van der Waals surface area contributed by atoms with Gasteiger partial charge in [0.15, 0.2) is 6.10 Å². The number of hydrogen-bond donors (Lipinski definition) is 2. The second-order valence-corrected chi connectivity index (χ2v) is 8.05. The second-order valence-electron chi connectivity index (χ2n) is 5.76. The molecule has 0 aliphatic carbocycles. The number of carbonyl (C=O) groups is 2. The van der Waals surface area contributed by atoms with Crippen LogP contribution in [0.15, 0.2) is 47.4 Å². The summed E-state index contributed by atoms with van der Waals surface area (Å²) < 4.78 is 31.0. The van der Waals surface area contributed by atoms with Gasteiger partial charge in [-0.15, -0.1) is 0 Å². The molecule has 27 heavy (non-hydrogen) atoms. The van der Waals surface area contributed by atoms with Gasteiger partial charge in [0.25, 0.3) is 5.91 Å². The quantitative estimate of drug-likeness (QED) is 0.713. The highest BCUT2D eigenvalue weighted by Crippen LogP contribution is 2.22. The number of carbonyl (C=O) groups excluding carboxylic acids is 2. The molecule has 0 heterocycles. The number of rotatable bonds is 6. The zero-order valence-corrected chi connectivity index (χ0v) is 16.5. The first-order valence-corrected chi connectivity index (χ1v) is 9.82. The zero-order valence-electron chi connectivity index (χ0n) is 14.9. The summed E-state index contributed by atoms with van der Waals surface area (Å²) in [6.07, 6.45) is -1.11. The summed E-state index contributed by atoms with van der Waals surface area (Å²) in [7, 11) is -2.51. The number of nitrogens with one attached hydrogen (secondary N) is 2. The highest BCUT2D eigenvalue weighted by atomic mass is 35.5. The van der Waals surface area contributed by atoms with Gasteiger partial charge in [0, 0.05) is 5.69 Å². The van der Waals surface area contributed by atoms with Crippen LogP contribution in [0.5, 0.6) is 0 Å². The van der Waals surface area contributed by atoms with Crippen LogP contribution in [0.3, 0.4) is 0 Å². The molecule has 0 spiro atoms. The van der Waals surface area contributed by atoms with E-state index in [2.05, 4.69) is 10.0 Å². The summed E-state index contributed by atoms with van der Waals surface area (Å²) in [4.78, 5) is 24.4. The average molecular weight is 411 g/mol. The van der Waals surface area contributed by atoms with Gasteiger partial charge in [0.2, 0.25) is 10.0 Å². The van der Waals surface area contributed by atoms with E-state index in [1.807, 2.05) is 13.0 Å². The third-order valence-corrected chi connectivity index (χ3v) is 5.42. The third kappa shape index (κ3) is 5.29. The Balaban J connectivity index is 2.14. The van der Waals surface area contributed by atoms with Crippen LogP contribution in [0.4, 0.5) is 5.69 Å². The van der Waals surface area contributed by atoms with Crippen molar-refractivity contribution in [2.24, 2.45) is 0 Å². The van der Waals surface area contributed by atoms with Crippen molar-refractivity contribution < 1.29 is 22.7 Å². The minimum atomic E-state index is -3.76. The van der Waals surface area contributed by atoms with E-state index in [0.717, 1.165) is 11.6 Å². The van der Waals surface area contributed by atoms with Crippen LogP contribution in [-0.2, 0) is 19.6 Å². The van der Waals surface area contributed by atoms with Crippen molar-refractivity contribution in [2.45, 2.75) is 24.8 Å². The number of halogens is 1. The predicted molar refractivity (Wildman–Crippen MR) is 102 cm³/mol. The third-order valence-electron chi connectivity index (χ3n) is 3.68. The van der Waals surface area contributed by atoms with Crippen molar-refractivity contribution in [3.05, 3.63) is 58.6 Å². The monoisotopic (exact) mass is 410 g/mol. The minimum absolute atomic E-state index is 0.0151. The molecule has 2 aromatic carbocycles. The first-order chi connectivity index (χ1) is 12.6. The summed E-state index contributed by atoms with van der Waals surface area (Å²) in [5.41, 5.74) is 1.39. The topological polar surface area (TPSA) is 102 Å². The van der Waals surface area contributed by atoms with Gasteiger partial charge in [-0.05, 0) is 56.8 Å². The van der Waals surface area contributed by atoms with E-state index >= 15 is 0 Å². The standard InChI is InChI=1S/C18H19ClN2O5S/c1-11-5-4-6-13(9-11)21-17(22)12(2)26-18(23)15-10-14(7-8-16(15)19)27(24,25)20-3/h4-10,12,20H,1-3H3,(H,21,22)/t12-/m0/s1. The van der Waals surface area contributed by atoms with Gasteiger partial charge in [0.1, 0.15) is 0 Å². The molecule has 0 aromatic heterocycles. The van der Waals surface area contributed by atoms with Crippen molar-refractivity contribution in [1.82, 2.24) is 4.72 Å². The van der Waals surface area contributed by atoms with Crippen LogP contribution in [0.25, 0.3) is 0 Å². The molecule has 1 atom stereocenters. The summed E-state index contributed by atoms with van der Waals surface area (Å²) in [6.45, 7) is 3.29. The number of ether oxygens (including phenoxy) is 1. The van der Waals surface area contributed by atoms with Gasteiger partial charge < -0.3 is 10.1 Å². The van der Waals surface area contributed by atoms with Crippen molar-refractivity contribution in [2.75, 3.05) is 12.4 Å². The fraction of sp³-hybridized carbons (Fsp3) is 0.222. The lowest BCUT2D eigenvalue weighted by Crippen LogP contribution is -2.30. The molecule has 144 valence electrons.